The Kier molecular flexibility index (Phi) is 2.87. The molecule has 2 heterocycles. The number of hydrogen-bond acceptors (Lipinski definition) is 4. The number of hydrogen-bond donors (Lipinski definition) is 2. The van der Waals surface area contributed by atoms with Crippen LogP contribution in [0.1, 0.15) is 5.56 Å². The van der Waals surface area contributed by atoms with Crippen LogP contribution >= 0.6 is 11.6 Å². The molecule has 0 fully saturated rings. The van der Waals surface area contributed by atoms with E-state index in [4.69, 9.17) is 11.6 Å². The number of aryl methyl sites for hydroxylation is 1. The molecule has 2 aromatic rings. The van der Waals surface area contributed by atoms with Gasteiger partial charge in [0.2, 0.25) is 0 Å². The summed E-state index contributed by atoms with van der Waals surface area (Å²) in [7, 11) is 0. The van der Waals surface area contributed by atoms with Crippen LogP contribution in [-0.4, -0.2) is 15.0 Å². The van der Waals surface area contributed by atoms with Crippen molar-refractivity contribution in [3.8, 4) is 0 Å². The first-order valence-corrected chi connectivity index (χ1v) is 4.97. The molecule has 5 nitrogen and oxygen atoms in total. The average Bonchev–Trinajstić information content (AvgIpc) is 2.28. The molecule has 2 aromatic heterocycles. The summed E-state index contributed by atoms with van der Waals surface area (Å²) in [6.07, 6.45) is 4.63. The number of aromatic nitrogens is 3. The number of anilines is 2. The first-order chi connectivity index (χ1) is 7.68. The molecule has 0 atom stereocenters. The molecule has 2 N–H and O–H groups in total. The van der Waals surface area contributed by atoms with E-state index in [0.717, 1.165) is 11.3 Å². The van der Waals surface area contributed by atoms with E-state index in [1.807, 2.05) is 13.0 Å². The highest BCUT2D eigenvalue weighted by Gasteiger charge is 2.06. The normalized spacial score (nSPS) is 10.1. The third-order valence-corrected chi connectivity index (χ3v) is 2.44. The van der Waals surface area contributed by atoms with Gasteiger partial charge in [-0.1, -0.05) is 11.6 Å². The topological polar surface area (TPSA) is 70.7 Å². The van der Waals surface area contributed by atoms with Crippen molar-refractivity contribution < 1.29 is 0 Å². The molecule has 0 aliphatic carbocycles. The summed E-state index contributed by atoms with van der Waals surface area (Å²) in [5.74, 6) is 0.321. The predicted octanol–water partition coefficient (Wildman–Crippen LogP) is 1.87. The molecule has 0 amide bonds. The van der Waals surface area contributed by atoms with Gasteiger partial charge in [0.15, 0.2) is 5.82 Å². The van der Waals surface area contributed by atoms with Crippen molar-refractivity contribution >= 4 is 23.1 Å². The number of H-pyrrole nitrogens is 1. The Morgan fingerprint density at radius 3 is 3.06 bits per heavy atom. The van der Waals surface area contributed by atoms with E-state index in [0.29, 0.717) is 5.82 Å². The molecule has 6 heteroatoms. The summed E-state index contributed by atoms with van der Waals surface area (Å²) in [5.41, 5.74) is 1.39. The van der Waals surface area contributed by atoms with Gasteiger partial charge in [-0.15, -0.1) is 0 Å². The molecule has 0 spiro atoms. The van der Waals surface area contributed by atoms with Crippen molar-refractivity contribution in [2.24, 2.45) is 0 Å². The lowest BCUT2D eigenvalue weighted by atomic mass is 10.2. The van der Waals surface area contributed by atoms with Crippen LogP contribution in [0.15, 0.2) is 29.6 Å². The van der Waals surface area contributed by atoms with Gasteiger partial charge in [-0.25, -0.2) is 4.98 Å². The van der Waals surface area contributed by atoms with Gasteiger partial charge in [0.1, 0.15) is 5.02 Å². The molecule has 16 heavy (non-hydrogen) atoms. The van der Waals surface area contributed by atoms with Crippen LogP contribution in [0.25, 0.3) is 0 Å². The van der Waals surface area contributed by atoms with E-state index >= 15 is 0 Å². The standard InChI is InChI=1S/C10H9ClN4O/c1-6-2-3-12-4-7(6)15-9-8(11)10(16)14-5-13-9/h2-5H,1H3,(H2,13,14,15,16). The number of nitrogens with one attached hydrogen (secondary N) is 2. The van der Waals surface area contributed by atoms with Crippen LogP contribution in [0.5, 0.6) is 0 Å². The number of rotatable bonds is 2. The molecule has 0 aliphatic rings. The molecule has 0 unspecified atom stereocenters. The van der Waals surface area contributed by atoms with Gasteiger partial charge in [0, 0.05) is 6.20 Å². The van der Waals surface area contributed by atoms with E-state index in [-0.39, 0.29) is 10.6 Å². The maximum Gasteiger partial charge on any atom is 0.271 e. The highest BCUT2D eigenvalue weighted by Crippen LogP contribution is 2.20. The maximum absolute atomic E-state index is 11.2. The van der Waals surface area contributed by atoms with E-state index in [1.165, 1.54) is 6.33 Å². The Hall–Kier alpha value is -1.88. The van der Waals surface area contributed by atoms with Gasteiger partial charge < -0.3 is 10.3 Å². The fourth-order valence-electron chi connectivity index (χ4n) is 1.19. The molecule has 2 rings (SSSR count). The molecule has 0 aliphatic heterocycles. The van der Waals surface area contributed by atoms with E-state index in [1.54, 1.807) is 12.4 Å². The summed E-state index contributed by atoms with van der Waals surface area (Å²) in [6.45, 7) is 1.92. The lowest BCUT2D eigenvalue weighted by Crippen LogP contribution is -2.10. The van der Waals surface area contributed by atoms with Crippen molar-refractivity contribution in [2.45, 2.75) is 6.92 Å². The first kappa shape index (κ1) is 10.6. The minimum atomic E-state index is -0.374. The third-order valence-electron chi connectivity index (χ3n) is 2.09. The van der Waals surface area contributed by atoms with E-state index < -0.39 is 0 Å². The summed E-state index contributed by atoms with van der Waals surface area (Å²) < 4.78 is 0. The largest absolute Gasteiger partial charge is 0.337 e. The molecular formula is C10H9ClN4O. The zero-order valence-corrected chi connectivity index (χ0v) is 9.25. The predicted molar refractivity (Wildman–Crippen MR) is 62.1 cm³/mol. The van der Waals surface area contributed by atoms with Crippen LogP contribution in [0, 0.1) is 6.92 Å². The first-order valence-electron chi connectivity index (χ1n) is 4.59. The minimum absolute atomic E-state index is 0.0331. The van der Waals surface area contributed by atoms with Gasteiger partial charge in [0.05, 0.1) is 18.2 Å². The van der Waals surface area contributed by atoms with E-state index in [2.05, 4.69) is 20.3 Å². The van der Waals surface area contributed by atoms with Crippen molar-refractivity contribution in [1.29, 1.82) is 0 Å². The molecule has 0 bridgehead atoms. The molecule has 0 aromatic carbocycles. The fraction of sp³-hybridized carbons (Fsp3) is 0.100. The minimum Gasteiger partial charge on any atom is -0.337 e. The molecule has 82 valence electrons. The average molecular weight is 237 g/mol. The summed E-state index contributed by atoms with van der Waals surface area (Å²) in [5, 5.41) is 2.99. The number of pyridine rings is 1. The molecule has 0 saturated heterocycles. The monoisotopic (exact) mass is 236 g/mol. The molecule has 0 saturated carbocycles. The Labute approximate surface area is 96.5 Å². The summed E-state index contributed by atoms with van der Waals surface area (Å²) in [4.78, 5) is 21.5. The van der Waals surface area contributed by atoms with Crippen LogP contribution in [0.3, 0.4) is 0 Å². The maximum atomic E-state index is 11.2. The summed E-state index contributed by atoms with van der Waals surface area (Å²) in [6, 6.07) is 1.85. The van der Waals surface area contributed by atoms with Gasteiger partial charge in [-0.05, 0) is 18.6 Å². The molecule has 0 radical (unpaired) electrons. The second kappa shape index (κ2) is 4.32. The van der Waals surface area contributed by atoms with Crippen LogP contribution in [0.2, 0.25) is 5.02 Å². The van der Waals surface area contributed by atoms with Crippen LogP contribution in [0.4, 0.5) is 11.5 Å². The quantitative estimate of drug-likeness (QED) is 0.835. The summed E-state index contributed by atoms with van der Waals surface area (Å²) >= 11 is 5.81. The number of aromatic amines is 1. The zero-order chi connectivity index (χ0) is 11.5. The van der Waals surface area contributed by atoms with Crippen LogP contribution < -0.4 is 10.9 Å². The Balaban J connectivity index is 2.38. The van der Waals surface area contributed by atoms with Crippen molar-refractivity contribution in [1.82, 2.24) is 15.0 Å². The highest BCUT2D eigenvalue weighted by atomic mass is 35.5. The highest BCUT2D eigenvalue weighted by molar-refractivity contribution is 6.32. The Bertz CT molecular complexity index is 567. The van der Waals surface area contributed by atoms with Crippen molar-refractivity contribution in [3.63, 3.8) is 0 Å². The van der Waals surface area contributed by atoms with Gasteiger partial charge in [-0.2, -0.15) is 0 Å². The van der Waals surface area contributed by atoms with Gasteiger partial charge in [-0.3, -0.25) is 9.78 Å². The molecular weight excluding hydrogens is 228 g/mol. The number of nitrogens with zero attached hydrogens (tertiary/aromatic N) is 2. The van der Waals surface area contributed by atoms with Crippen molar-refractivity contribution in [3.05, 3.63) is 45.7 Å². The fourth-order valence-corrected chi connectivity index (χ4v) is 1.34. The third kappa shape index (κ3) is 2.04. The van der Waals surface area contributed by atoms with Crippen molar-refractivity contribution in [2.75, 3.05) is 5.32 Å². The van der Waals surface area contributed by atoms with E-state index in [9.17, 15) is 4.79 Å². The Morgan fingerprint density at radius 1 is 1.50 bits per heavy atom. The lowest BCUT2D eigenvalue weighted by Gasteiger charge is -2.08. The zero-order valence-electron chi connectivity index (χ0n) is 8.49. The number of halogens is 1. The van der Waals surface area contributed by atoms with Crippen LogP contribution in [-0.2, 0) is 0 Å². The van der Waals surface area contributed by atoms with Gasteiger partial charge in [0.25, 0.3) is 5.56 Å². The Morgan fingerprint density at radius 2 is 2.31 bits per heavy atom. The lowest BCUT2D eigenvalue weighted by molar-refractivity contribution is 1.12. The second-order valence-electron chi connectivity index (χ2n) is 3.21. The second-order valence-corrected chi connectivity index (χ2v) is 3.59. The SMILES string of the molecule is Cc1ccncc1Nc1nc[nH]c(=O)c1Cl. The van der Waals surface area contributed by atoms with Gasteiger partial charge >= 0.3 is 0 Å². The smallest absolute Gasteiger partial charge is 0.271 e.